The zero-order chi connectivity index (χ0) is 13.0. The summed E-state index contributed by atoms with van der Waals surface area (Å²) in [4.78, 5) is 0. The molecule has 1 aromatic carbocycles. The van der Waals surface area contributed by atoms with Gasteiger partial charge >= 0.3 is 0 Å². The molecular weight excluding hydrogens is 222 g/mol. The maximum atomic E-state index is 5.74. The smallest absolute Gasteiger partial charge is 0.121 e. The number of likely N-dealkylation sites (N-methyl/N-ethyl adjacent to an activating group) is 1. The van der Waals surface area contributed by atoms with Crippen LogP contribution in [0.25, 0.3) is 0 Å². The first kappa shape index (κ1) is 12.9. The van der Waals surface area contributed by atoms with Crippen molar-refractivity contribution in [1.82, 2.24) is 5.32 Å². The Labute approximate surface area is 109 Å². The van der Waals surface area contributed by atoms with Crippen LogP contribution < -0.4 is 5.32 Å². The summed E-state index contributed by atoms with van der Waals surface area (Å²) in [7, 11) is 0. The number of furan rings is 1. The summed E-state index contributed by atoms with van der Waals surface area (Å²) < 4.78 is 5.74. The third-order valence-electron chi connectivity index (χ3n) is 3.08. The molecule has 2 heteroatoms. The summed E-state index contributed by atoms with van der Waals surface area (Å²) in [6.07, 6.45) is 0.961. The van der Waals surface area contributed by atoms with Crippen LogP contribution in [0, 0.1) is 13.8 Å². The van der Waals surface area contributed by atoms with Crippen LogP contribution in [0.5, 0.6) is 0 Å². The Kier molecular flexibility index (Phi) is 4.21. The average Bonchev–Trinajstić information content (AvgIpc) is 2.75. The molecule has 0 aliphatic carbocycles. The molecule has 0 spiro atoms. The Balaban J connectivity index is 2.16. The normalized spacial score (nSPS) is 12.6. The van der Waals surface area contributed by atoms with Gasteiger partial charge in [-0.2, -0.15) is 0 Å². The lowest BCUT2D eigenvalue weighted by Gasteiger charge is -2.16. The summed E-state index contributed by atoms with van der Waals surface area (Å²) >= 11 is 0. The van der Waals surface area contributed by atoms with Crippen molar-refractivity contribution in [3.05, 3.63) is 59.0 Å². The van der Waals surface area contributed by atoms with Gasteiger partial charge in [-0.05, 0) is 44.5 Å². The Morgan fingerprint density at radius 1 is 1.17 bits per heavy atom. The molecule has 0 saturated heterocycles. The molecule has 1 unspecified atom stereocenters. The summed E-state index contributed by atoms with van der Waals surface area (Å²) in [5, 5.41) is 3.49. The molecule has 0 amide bonds. The van der Waals surface area contributed by atoms with Gasteiger partial charge in [-0.15, -0.1) is 0 Å². The molecular formula is C16H21NO. The van der Waals surface area contributed by atoms with Crippen molar-refractivity contribution in [2.75, 3.05) is 6.54 Å². The second-order valence-corrected chi connectivity index (χ2v) is 4.75. The van der Waals surface area contributed by atoms with Gasteiger partial charge in [0.1, 0.15) is 11.5 Å². The molecule has 0 saturated carbocycles. The van der Waals surface area contributed by atoms with Gasteiger partial charge in [-0.1, -0.05) is 36.8 Å². The van der Waals surface area contributed by atoms with Crippen molar-refractivity contribution in [3.63, 3.8) is 0 Å². The zero-order valence-electron chi connectivity index (χ0n) is 11.4. The number of benzene rings is 1. The van der Waals surface area contributed by atoms with Gasteiger partial charge in [0.15, 0.2) is 0 Å². The standard InChI is InChI=1S/C16H21NO/c1-4-17-15(16-9-8-13(3)18-16)11-14-7-5-6-12(2)10-14/h5-10,15,17H,4,11H2,1-3H3. The highest BCUT2D eigenvalue weighted by atomic mass is 16.3. The first-order valence-corrected chi connectivity index (χ1v) is 6.54. The first-order chi connectivity index (χ1) is 8.69. The van der Waals surface area contributed by atoms with E-state index in [1.807, 2.05) is 13.0 Å². The molecule has 1 heterocycles. The van der Waals surface area contributed by atoms with Gasteiger partial charge in [-0.25, -0.2) is 0 Å². The maximum absolute atomic E-state index is 5.74. The van der Waals surface area contributed by atoms with Crippen LogP contribution in [-0.4, -0.2) is 6.54 Å². The topological polar surface area (TPSA) is 25.2 Å². The van der Waals surface area contributed by atoms with Gasteiger partial charge in [0.25, 0.3) is 0 Å². The summed E-state index contributed by atoms with van der Waals surface area (Å²) in [5.74, 6) is 1.99. The third-order valence-corrected chi connectivity index (χ3v) is 3.08. The van der Waals surface area contributed by atoms with E-state index in [0.29, 0.717) is 0 Å². The van der Waals surface area contributed by atoms with E-state index < -0.39 is 0 Å². The fraction of sp³-hybridized carbons (Fsp3) is 0.375. The minimum absolute atomic E-state index is 0.255. The maximum Gasteiger partial charge on any atom is 0.121 e. The molecule has 18 heavy (non-hydrogen) atoms. The number of hydrogen-bond donors (Lipinski definition) is 1. The average molecular weight is 243 g/mol. The quantitative estimate of drug-likeness (QED) is 0.864. The van der Waals surface area contributed by atoms with E-state index in [4.69, 9.17) is 4.42 Å². The highest BCUT2D eigenvalue weighted by Crippen LogP contribution is 2.21. The molecule has 0 aliphatic rings. The monoisotopic (exact) mass is 243 g/mol. The van der Waals surface area contributed by atoms with Crippen molar-refractivity contribution in [2.24, 2.45) is 0 Å². The first-order valence-electron chi connectivity index (χ1n) is 6.54. The second kappa shape index (κ2) is 5.87. The SMILES string of the molecule is CCNC(Cc1cccc(C)c1)c1ccc(C)o1. The van der Waals surface area contributed by atoms with Crippen molar-refractivity contribution in [1.29, 1.82) is 0 Å². The van der Waals surface area contributed by atoms with E-state index in [1.54, 1.807) is 0 Å². The lowest BCUT2D eigenvalue weighted by molar-refractivity contribution is 0.403. The van der Waals surface area contributed by atoms with E-state index in [1.165, 1.54) is 11.1 Å². The van der Waals surface area contributed by atoms with Crippen LogP contribution in [0.15, 0.2) is 40.8 Å². The van der Waals surface area contributed by atoms with Crippen LogP contribution in [-0.2, 0) is 6.42 Å². The summed E-state index contributed by atoms with van der Waals surface area (Å²) in [6.45, 7) is 7.18. The largest absolute Gasteiger partial charge is 0.465 e. The molecule has 1 N–H and O–H groups in total. The van der Waals surface area contributed by atoms with Crippen LogP contribution in [0.4, 0.5) is 0 Å². The zero-order valence-corrected chi connectivity index (χ0v) is 11.4. The van der Waals surface area contributed by atoms with E-state index in [9.17, 15) is 0 Å². The van der Waals surface area contributed by atoms with Crippen LogP contribution in [0.3, 0.4) is 0 Å². The fourth-order valence-corrected chi connectivity index (χ4v) is 2.24. The summed E-state index contributed by atoms with van der Waals surface area (Å²) in [6, 6.07) is 13.0. The van der Waals surface area contributed by atoms with E-state index in [2.05, 4.69) is 49.5 Å². The molecule has 96 valence electrons. The predicted molar refractivity (Wildman–Crippen MR) is 74.7 cm³/mol. The van der Waals surface area contributed by atoms with Crippen molar-refractivity contribution in [3.8, 4) is 0 Å². The molecule has 0 aliphatic heterocycles. The molecule has 1 aromatic heterocycles. The van der Waals surface area contributed by atoms with Crippen LogP contribution in [0.2, 0.25) is 0 Å². The van der Waals surface area contributed by atoms with E-state index in [-0.39, 0.29) is 6.04 Å². The number of aryl methyl sites for hydroxylation is 2. The molecule has 2 nitrogen and oxygen atoms in total. The molecule has 0 fully saturated rings. The van der Waals surface area contributed by atoms with Crippen molar-refractivity contribution >= 4 is 0 Å². The van der Waals surface area contributed by atoms with Gasteiger partial charge in [0.05, 0.1) is 6.04 Å². The molecule has 2 aromatic rings. The predicted octanol–water partition coefficient (Wildman–Crippen LogP) is 3.79. The lowest BCUT2D eigenvalue weighted by Crippen LogP contribution is -2.22. The Morgan fingerprint density at radius 3 is 2.61 bits per heavy atom. The van der Waals surface area contributed by atoms with Gasteiger partial charge in [-0.3, -0.25) is 0 Å². The van der Waals surface area contributed by atoms with E-state index >= 15 is 0 Å². The van der Waals surface area contributed by atoms with Crippen molar-refractivity contribution in [2.45, 2.75) is 33.2 Å². The number of rotatable bonds is 5. The second-order valence-electron chi connectivity index (χ2n) is 4.75. The minimum Gasteiger partial charge on any atom is -0.465 e. The minimum atomic E-state index is 0.255. The fourth-order valence-electron chi connectivity index (χ4n) is 2.24. The number of nitrogens with one attached hydrogen (secondary N) is 1. The molecule has 1 atom stereocenters. The van der Waals surface area contributed by atoms with Gasteiger partial charge in [0.2, 0.25) is 0 Å². The molecule has 0 radical (unpaired) electrons. The third kappa shape index (κ3) is 3.23. The van der Waals surface area contributed by atoms with E-state index in [0.717, 1.165) is 24.5 Å². The molecule has 0 bridgehead atoms. The highest BCUT2D eigenvalue weighted by Gasteiger charge is 2.14. The Morgan fingerprint density at radius 2 is 2.00 bits per heavy atom. The summed E-state index contributed by atoms with van der Waals surface area (Å²) in [5.41, 5.74) is 2.65. The Hall–Kier alpha value is -1.54. The lowest BCUT2D eigenvalue weighted by atomic mass is 10.0. The van der Waals surface area contributed by atoms with Crippen LogP contribution in [0.1, 0.15) is 35.6 Å². The number of hydrogen-bond acceptors (Lipinski definition) is 2. The molecule has 2 rings (SSSR count). The highest BCUT2D eigenvalue weighted by molar-refractivity contribution is 5.24. The Bertz CT molecular complexity index is 501. The van der Waals surface area contributed by atoms with Gasteiger partial charge in [0, 0.05) is 0 Å². The van der Waals surface area contributed by atoms with Crippen molar-refractivity contribution < 1.29 is 4.42 Å². The van der Waals surface area contributed by atoms with Crippen LogP contribution >= 0.6 is 0 Å². The van der Waals surface area contributed by atoms with Gasteiger partial charge < -0.3 is 9.73 Å².